The minimum Gasteiger partial charge on any atom is -0.508 e. The Morgan fingerprint density at radius 2 is 1.27 bits per heavy atom. The molecule has 1 aliphatic rings. The first-order valence-corrected chi connectivity index (χ1v) is 9.98. The molecule has 0 aromatic heterocycles. The van der Waals surface area contributed by atoms with Gasteiger partial charge in [0.15, 0.2) is 17.3 Å². The fourth-order valence-electron chi connectivity index (χ4n) is 3.18. The van der Waals surface area contributed by atoms with Gasteiger partial charge in [-0.3, -0.25) is 4.79 Å². The molecule has 0 bridgehead atoms. The summed E-state index contributed by atoms with van der Waals surface area (Å²) in [6, 6.07) is 14.5. The lowest BCUT2D eigenvalue weighted by Crippen LogP contribution is -2.01. The van der Waals surface area contributed by atoms with Crippen LogP contribution in [0.25, 0.3) is 0 Å². The standard InChI is InChI=1S/C25H21N3O5/c1-33-25-23(28-17-6-12-20(31)13-7-17)21(26-15-2-8-18(29)9-3-15)14-22(24(25)32)27-16-4-10-19(30)11-5-16/h2-14,26-27,29-30,32H,1H3. The molecule has 8 nitrogen and oxygen atoms in total. The van der Waals surface area contributed by atoms with Gasteiger partial charge >= 0.3 is 0 Å². The third-order valence-corrected chi connectivity index (χ3v) is 4.80. The highest BCUT2D eigenvalue weighted by Gasteiger charge is 2.20. The third kappa shape index (κ3) is 4.96. The minimum absolute atomic E-state index is 0.117. The molecule has 0 saturated carbocycles. The van der Waals surface area contributed by atoms with Gasteiger partial charge in [-0.2, -0.15) is 0 Å². The van der Waals surface area contributed by atoms with Crippen LogP contribution in [0, 0.1) is 0 Å². The lowest BCUT2D eigenvalue weighted by molar-refractivity contribution is -0.110. The molecule has 4 rings (SSSR count). The molecule has 5 N–H and O–H groups in total. The van der Waals surface area contributed by atoms with Crippen LogP contribution < -0.4 is 15.4 Å². The summed E-state index contributed by atoms with van der Waals surface area (Å²) in [5.41, 5.74) is 2.97. The van der Waals surface area contributed by atoms with Crippen molar-refractivity contribution in [3.63, 3.8) is 0 Å². The molecule has 0 spiro atoms. The van der Waals surface area contributed by atoms with Gasteiger partial charge in [0, 0.05) is 11.4 Å². The Morgan fingerprint density at radius 3 is 1.79 bits per heavy atom. The van der Waals surface area contributed by atoms with E-state index in [1.165, 1.54) is 31.4 Å². The second-order valence-electron chi connectivity index (χ2n) is 7.15. The van der Waals surface area contributed by atoms with Gasteiger partial charge in [0.05, 0.1) is 24.2 Å². The molecule has 0 radical (unpaired) electrons. The molecule has 3 aromatic rings. The third-order valence-electron chi connectivity index (χ3n) is 4.80. The lowest BCUT2D eigenvalue weighted by Gasteiger charge is -2.19. The van der Waals surface area contributed by atoms with E-state index in [2.05, 4.69) is 15.6 Å². The van der Waals surface area contributed by atoms with Crippen molar-refractivity contribution >= 4 is 39.9 Å². The Hall–Kier alpha value is -4.72. The van der Waals surface area contributed by atoms with Gasteiger partial charge in [0.25, 0.3) is 0 Å². The van der Waals surface area contributed by atoms with Crippen LogP contribution in [-0.4, -0.2) is 33.9 Å². The molecular formula is C25H21N3O5. The number of benzene rings is 3. The van der Waals surface area contributed by atoms with Gasteiger partial charge in [-0.15, -0.1) is 0 Å². The summed E-state index contributed by atoms with van der Waals surface area (Å²) in [6.45, 7) is 0. The molecule has 3 aromatic carbocycles. The van der Waals surface area contributed by atoms with Crippen LogP contribution in [-0.2, 0) is 4.79 Å². The van der Waals surface area contributed by atoms with E-state index in [9.17, 15) is 20.1 Å². The molecular weight excluding hydrogens is 422 g/mol. The van der Waals surface area contributed by atoms with Crippen molar-refractivity contribution in [3.8, 4) is 23.0 Å². The number of nitrogens with one attached hydrogen (secondary N) is 2. The van der Waals surface area contributed by atoms with Gasteiger partial charge in [-0.25, -0.2) is 4.99 Å². The van der Waals surface area contributed by atoms with E-state index in [1.54, 1.807) is 54.6 Å². The first-order valence-electron chi connectivity index (χ1n) is 9.98. The normalized spacial score (nSPS) is 12.5. The maximum absolute atomic E-state index is 11.5. The average molecular weight is 443 g/mol. The predicted molar refractivity (Wildman–Crippen MR) is 128 cm³/mol. The quantitative estimate of drug-likeness (QED) is 0.205. The highest BCUT2D eigenvalue weighted by Crippen LogP contribution is 2.49. The van der Waals surface area contributed by atoms with Crippen LogP contribution >= 0.6 is 0 Å². The Labute approximate surface area is 189 Å². The number of aromatic hydroxyl groups is 3. The van der Waals surface area contributed by atoms with E-state index >= 15 is 0 Å². The molecule has 0 saturated heterocycles. The highest BCUT2D eigenvalue weighted by molar-refractivity contribution is 6.17. The summed E-state index contributed by atoms with van der Waals surface area (Å²) in [6.07, 6.45) is 5.95. The number of allylic oxidation sites excluding steroid dienone is 4. The van der Waals surface area contributed by atoms with Gasteiger partial charge < -0.3 is 30.7 Å². The maximum atomic E-state index is 11.5. The lowest BCUT2D eigenvalue weighted by atomic mass is 10.1. The zero-order chi connectivity index (χ0) is 23.4. The van der Waals surface area contributed by atoms with Crippen molar-refractivity contribution in [2.75, 3.05) is 17.7 Å². The summed E-state index contributed by atoms with van der Waals surface area (Å²) in [7, 11) is 1.42. The largest absolute Gasteiger partial charge is 0.508 e. The molecule has 0 aliphatic heterocycles. The SMILES string of the molecule is COc1c(O)c(Nc2ccc(O)cc2)cc(Nc2ccc(O)cc2)c1N=C1C=CC(=O)C=C1. The molecule has 0 atom stereocenters. The number of methoxy groups -OCH3 is 1. The number of ketones is 1. The summed E-state index contributed by atoms with van der Waals surface area (Å²) in [4.78, 5) is 16.1. The zero-order valence-corrected chi connectivity index (χ0v) is 17.6. The summed E-state index contributed by atoms with van der Waals surface area (Å²) < 4.78 is 5.50. The van der Waals surface area contributed by atoms with Crippen LogP contribution in [0.5, 0.6) is 23.0 Å². The number of hydrogen-bond acceptors (Lipinski definition) is 8. The summed E-state index contributed by atoms with van der Waals surface area (Å²) >= 11 is 0. The van der Waals surface area contributed by atoms with Crippen LogP contribution in [0.1, 0.15) is 0 Å². The van der Waals surface area contributed by atoms with E-state index in [0.717, 1.165) is 0 Å². The smallest absolute Gasteiger partial charge is 0.190 e. The number of phenolic OH excluding ortho intramolecular Hbond substituents is 3. The number of nitrogens with zero attached hydrogens (tertiary/aromatic N) is 1. The Morgan fingerprint density at radius 1 is 0.758 bits per heavy atom. The van der Waals surface area contributed by atoms with E-state index in [-0.39, 0.29) is 28.8 Å². The van der Waals surface area contributed by atoms with Gasteiger partial charge in [0.2, 0.25) is 0 Å². The molecule has 0 amide bonds. The van der Waals surface area contributed by atoms with Gasteiger partial charge in [0.1, 0.15) is 17.2 Å². The van der Waals surface area contributed by atoms with Gasteiger partial charge in [-0.05, 0) is 78.9 Å². The molecule has 33 heavy (non-hydrogen) atoms. The van der Waals surface area contributed by atoms with Crippen LogP contribution in [0.4, 0.5) is 28.4 Å². The maximum Gasteiger partial charge on any atom is 0.190 e. The Kier molecular flexibility index (Phi) is 5.99. The number of phenols is 3. The van der Waals surface area contributed by atoms with Crippen molar-refractivity contribution in [1.29, 1.82) is 0 Å². The fraction of sp³-hybridized carbons (Fsp3) is 0.0400. The molecule has 8 heteroatoms. The Balaban J connectivity index is 1.83. The highest BCUT2D eigenvalue weighted by atomic mass is 16.5. The van der Waals surface area contributed by atoms with E-state index < -0.39 is 0 Å². The van der Waals surface area contributed by atoms with Crippen molar-refractivity contribution < 1.29 is 24.9 Å². The van der Waals surface area contributed by atoms with E-state index in [4.69, 9.17) is 4.74 Å². The number of carbonyl (C=O) groups excluding carboxylic acids is 1. The minimum atomic E-state index is -0.166. The zero-order valence-electron chi connectivity index (χ0n) is 17.6. The van der Waals surface area contributed by atoms with Crippen molar-refractivity contribution in [3.05, 3.63) is 78.9 Å². The van der Waals surface area contributed by atoms with E-state index in [1.807, 2.05) is 0 Å². The van der Waals surface area contributed by atoms with Crippen LogP contribution in [0.2, 0.25) is 0 Å². The molecule has 0 heterocycles. The van der Waals surface area contributed by atoms with Crippen molar-refractivity contribution in [2.45, 2.75) is 0 Å². The number of rotatable bonds is 6. The monoisotopic (exact) mass is 443 g/mol. The number of carbonyl (C=O) groups is 1. The number of hydrogen-bond donors (Lipinski definition) is 5. The predicted octanol–water partition coefficient (Wildman–Crippen LogP) is 5.07. The summed E-state index contributed by atoms with van der Waals surface area (Å²) in [5.74, 6) is 0.0587. The van der Waals surface area contributed by atoms with Crippen LogP contribution in [0.3, 0.4) is 0 Å². The summed E-state index contributed by atoms with van der Waals surface area (Å²) in [5, 5.41) is 36.4. The Bertz CT molecular complexity index is 1260. The first kappa shape index (κ1) is 21.5. The number of anilines is 4. The fourth-order valence-corrected chi connectivity index (χ4v) is 3.18. The number of aliphatic imine (C=N–C) groups is 1. The molecule has 0 fully saturated rings. The first-order chi connectivity index (χ1) is 15.9. The van der Waals surface area contributed by atoms with Gasteiger partial charge in [-0.1, -0.05) is 0 Å². The van der Waals surface area contributed by atoms with Crippen molar-refractivity contribution in [1.82, 2.24) is 0 Å². The van der Waals surface area contributed by atoms with E-state index in [0.29, 0.717) is 34.1 Å². The molecule has 166 valence electrons. The van der Waals surface area contributed by atoms with Crippen molar-refractivity contribution in [2.24, 2.45) is 4.99 Å². The molecule has 0 unspecified atom stereocenters. The second-order valence-corrected chi connectivity index (χ2v) is 7.15. The average Bonchev–Trinajstić information content (AvgIpc) is 2.81. The topological polar surface area (TPSA) is 123 Å². The van der Waals surface area contributed by atoms with Crippen LogP contribution in [0.15, 0.2) is 83.9 Å². The second kappa shape index (κ2) is 9.19. The number of ether oxygens (including phenoxy) is 1. The molecule has 1 aliphatic carbocycles.